The van der Waals surface area contributed by atoms with Gasteiger partial charge in [-0.05, 0) is 45.9 Å². The molecule has 1 aromatic carbocycles. The molecule has 3 aromatic rings. The smallest absolute Gasteiger partial charge is 0.410 e. The minimum atomic E-state index is -1.29. The third-order valence-electron chi connectivity index (χ3n) is 4.92. The Hall–Kier alpha value is -2.42. The lowest BCUT2D eigenvalue weighted by atomic mass is 10.1. The van der Waals surface area contributed by atoms with E-state index in [-0.39, 0.29) is 13.1 Å². The van der Waals surface area contributed by atoms with E-state index in [2.05, 4.69) is 25.9 Å². The van der Waals surface area contributed by atoms with Crippen molar-refractivity contribution < 1.29 is 18.7 Å². The van der Waals surface area contributed by atoms with Crippen LogP contribution in [0.15, 0.2) is 28.9 Å². The average Bonchev–Trinajstić information content (AvgIpc) is 3.20. The highest BCUT2D eigenvalue weighted by molar-refractivity contribution is 9.10. The van der Waals surface area contributed by atoms with Gasteiger partial charge in [0.05, 0.1) is 36.4 Å². The molecule has 1 saturated heterocycles. The molecule has 7 nitrogen and oxygen atoms in total. The topological polar surface area (TPSA) is 69.5 Å². The molecule has 2 aromatic heterocycles. The van der Waals surface area contributed by atoms with Crippen LogP contribution in [0.2, 0.25) is 0 Å². The summed E-state index contributed by atoms with van der Waals surface area (Å²) in [5, 5.41) is 0.836. The van der Waals surface area contributed by atoms with Crippen LogP contribution in [0.4, 0.5) is 9.18 Å². The van der Waals surface area contributed by atoms with E-state index >= 15 is 4.39 Å². The molecule has 0 aliphatic carbocycles. The van der Waals surface area contributed by atoms with Gasteiger partial charge in [0.1, 0.15) is 17.3 Å². The van der Waals surface area contributed by atoms with Gasteiger partial charge < -0.3 is 14.4 Å². The van der Waals surface area contributed by atoms with E-state index in [1.165, 1.54) is 4.90 Å². The minimum absolute atomic E-state index is 0.0441. The highest BCUT2D eigenvalue weighted by Crippen LogP contribution is 2.37. The Morgan fingerprint density at radius 2 is 2.07 bits per heavy atom. The molecular weight excluding hydrogens is 455 g/mol. The molecule has 4 rings (SSSR count). The molecule has 0 bridgehead atoms. The number of aromatic nitrogens is 3. The van der Waals surface area contributed by atoms with Gasteiger partial charge in [-0.3, -0.25) is 9.55 Å². The number of carbonyl (C=O) groups excluding carboxylic acids is 1. The molecule has 0 unspecified atom stereocenters. The van der Waals surface area contributed by atoms with Crippen LogP contribution in [-0.4, -0.2) is 57.0 Å². The number of benzene rings is 1. The third kappa shape index (κ3) is 3.82. The predicted octanol–water partition coefficient (Wildman–Crippen LogP) is 4.88. The first-order chi connectivity index (χ1) is 14.2. The second kappa shape index (κ2) is 7.68. The first-order valence-electron chi connectivity index (χ1n) is 9.89. The lowest BCUT2D eigenvalue weighted by Gasteiger charge is -2.24. The van der Waals surface area contributed by atoms with Crippen molar-refractivity contribution in [1.82, 2.24) is 19.4 Å². The standard InChI is InChI=1S/C21H24BrFN4O3/c1-5-29-19-25-16-9-24-15-7-6-12(22)8-13(15)18(16)27(19)17-11-26(10-14(17)23)20(28)30-21(2,3)4/h6-9,14,17H,5,10-11H2,1-4H3/t14-,17-/m0/s1. The number of nitrogens with zero attached hydrogens (tertiary/aromatic N) is 4. The number of pyridine rings is 1. The van der Waals surface area contributed by atoms with Crippen LogP contribution in [0.5, 0.6) is 6.01 Å². The summed E-state index contributed by atoms with van der Waals surface area (Å²) < 4.78 is 29.1. The Labute approximate surface area is 182 Å². The monoisotopic (exact) mass is 478 g/mol. The van der Waals surface area contributed by atoms with Gasteiger partial charge in [0, 0.05) is 16.4 Å². The zero-order chi connectivity index (χ0) is 21.6. The lowest BCUT2D eigenvalue weighted by Crippen LogP contribution is -2.35. The molecule has 1 aliphatic rings. The van der Waals surface area contributed by atoms with Crippen molar-refractivity contribution in [2.75, 3.05) is 19.7 Å². The maximum absolute atomic E-state index is 15.2. The SMILES string of the molecule is CCOc1nc2cnc3ccc(Br)cc3c2n1[C@H]1CN(C(=O)OC(C)(C)C)C[C@@H]1F. The highest BCUT2D eigenvalue weighted by Gasteiger charge is 2.40. The lowest BCUT2D eigenvalue weighted by molar-refractivity contribution is 0.0281. The van der Waals surface area contributed by atoms with Crippen molar-refractivity contribution in [3.63, 3.8) is 0 Å². The molecule has 0 radical (unpaired) electrons. The van der Waals surface area contributed by atoms with E-state index in [0.29, 0.717) is 18.1 Å². The molecule has 160 valence electrons. The predicted molar refractivity (Wildman–Crippen MR) is 116 cm³/mol. The molecule has 1 fully saturated rings. The van der Waals surface area contributed by atoms with Crippen molar-refractivity contribution in [2.45, 2.75) is 45.5 Å². The maximum atomic E-state index is 15.2. The van der Waals surface area contributed by atoms with Gasteiger partial charge in [-0.15, -0.1) is 0 Å². The van der Waals surface area contributed by atoms with Gasteiger partial charge in [0.15, 0.2) is 0 Å². The fraction of sp³-hybridized carbons (Fsp3) is 0.476. The van der Waals surface area contributed by atoms with Gasteiger partial charge in [-0.2, -0.15) is 4.98 Å². The van der Waals surface area contributed by atoms with E-state index in [1.807, 2.05) is 25.1 Å². The van der Waals surface area contributed by atoms with Crippen molar-refractivity contribution in [2.24, 2.45) is 0 Å². The first-order valence-corrected chi connectivity index (χ1v) is 10.7. The van der Waals surface area contributed by atoms with Gasteiger partial charge in [0.2, 0.25) is 0 Å². The van der Waals surface area contributed by atoms with Crippen molar-refractivity contribution in [3.8, 4) is 6.01 Å². The van der Waals surface area contributed by atoms with Crippen LogP contribution < -0.4 is 4.74 Å². The second-order valence-corrected chi connectivity index (χ2v) is 9.24. The third-order valence-corrected chi connectivity index (χ3v) is 5.42. The molecular formula is C21H24BrFN4O3. The molecule has 2 atom stereocenters. The van der Waals surface area contributed by atoms with Crippen molar-refractivity contribution >= 4 is 44.0 Å². The maximum Gasteiger partial charge on any atom is 0.410 e. The summed E-state index contributed by atoms with van der Waals surface area (Å²) in [7, 11) is 0. The summed E-state index contributed by atoms with van der Waals surface area (Å²) in [4.78, 5) is 22.9. The summed E-state index contributed by atoms with van der Waals surface area (Å²) in [6, 6.07) is 5.41. The van der Waals surface area contributed by atoms with Crippen LogP contribution in [0.1, 0.15) is 33.7 Å². The molecule has 0 saturated carbocycles. The number of carbonyl (C=O) groups is 1. The summed E-state index contributed by atoms with van der Waals surface area (Å²) in [5.41, 5.74) is 1.48. The summed E-state index contributed by atoms with van der Waals surface area (Å²) >= 11 is 3.50. The van der Waals surface area contributed by atoms with E-state index in [4.69, 9.17) is 9.47 Å². The van der Waals surface area contributed by atoms with E-state index < -0.39 is 23.9 Å². The number of halogens is 2. The Bertz CT molecular complexity index is 1110. The van der Waals surface area contributed by atoms with Gasteiger partial charge >= 0.3 is 6.09 Å². The quantitative estimate of drug-likeness (QED) is 0.536. The van der Waals surface area contributed by atoms with E-state index in [9.17, 15) is 4.79 Å². The number of likely N-dealkylation sites (tertiary alicyclic amines) is 1. The number of ether oxygens (including phenoxy) is 2. The molecule has 0 N–H and O–H groups in total. The Kier molecular flexibility index (Phi) is 5.34. The molecule has 0 spiro atoms. The molecule has 30 heavy (non-hydrogen) atoms. The zero-order valence-corrected chi connectivity index (χ0v) is 18.9. The fourth-order valence-corrected chi connectivity index (χ4v) is 4.09. The minimum Gasteiger partial charge on any atom is -0.465 e. The number of hydrogen-bond acceptors (Lipinski definition) is 5. The van der Waals surface area contributed by atoms with E-state index in [1.54, 1.807) is 31.5 Å². The number of hydrogen-bond donors (Lipinski definition) is 0. The zero-order valence-electron chi connectivity index (χ0n) is 17.4. The summed E-state index contributed by atoms with van der Waals surface area (Å²) in [6.07, 6.45) is -0.146. The summed E-state index contributed by atoms with van der Waals surface area (Å²) in [5.74, 6) is 0. The largest absolute Gasteiger partial charge is 0.465 e. The summed E-state index contributed by atoms with van der Waals surface area (Å²) in [6.45, 7) is 7.73. The Morgan fingerprint density at radius 1 is 1.30 bits per heavy atom. The van der Waals surface area contributed by atoms with Crippen LogP contribution in [-0.2, 0) is 4.74 Å². The number of imidazole rings is 1. The highest BCUT2D eigenvalue weighted by atomic mass is 79.9. The van der Waals surface area contributed by atoms with Gasteiger partial charge in [-0.1, -0.05) is 15.9 Å². The molecule has 1 amide bonds. The molecule has 9 heteroatoms. The van der Waals surface area contributed by atoms with Crippen molar-refractivity contribution in [1.29, 1.82) is 0 Å². The number of fused-ring (bicyclic) bond motifs is 3. The van der Waals surface area contributed by atoms with Crippen LogP contribution >= 0.6 is 15.9 Å². The number of amides is 1. The number of rotatable bonds is 3. The van der Waals surface area contributed by atoms with Crippen LogP contribution in [0.3, 0.4) is 0 Å². The van der Waals surface area contributed by atoms with Crippen LogP contribution in [0.25, 0.3) is 21.9 Å². The average molecular weight is 479 g/mol. The van der Waals surface area contributed by atoms with Gasteiger partial charge in [0.25, 0.3) is 6.01 Å². The number of alkyl halides is 1. The fourth-order valence-electron chi connectivity index (χ4n) is 3.73. The molecule has 3 heterocycles. The normalized spacial score (nSPS) is 19.6. The van der Waals surface area contributed by atoms with Crippen LogP contribution in [0, 0.1) is 0 Å². The van der Waals surface area contributed by atoms with Crippen molar-refractivity contribution in [3.05, 3.63) is 28.9 Å². The Morgan fingerprint density at radius 3 is 2.77 bits per heavy atom. The second-order valence-electron chi connectivity index (χ2n) is 8.32. The van der Waals surface area contributed by atoms with Gasteiger partial charge in [-0.25, -0.2) is 9.18 Å². The van der Waals surface area contributed by atoms with E-state index in [0.717, 1.165) is 20.9 Å². The first kappa shape index (κ1) is 20.8. The Balaban J connectivity index is 1.82. The molecule has 1 aliphatic heterocycles.